The Morgan fingerprint density at radius 1 is 1.42 bits per heavy atom. The van der Waals surface area contributed by atoms with E-state index in [9.17, 15) is 9.90 Å². The molecule has 0 bridgehead atoms. The molecule has 0 radical (unpaired) electrons. The van der Waals surface area contributed by atoms with Crippen molar-refractivity contribution in [3.05, 3.63) is 47.7 Å². The average Bonchev–Trinajstić information content (AvgIpc) is 3.03. The summed E-state index contributed by atoms with van der Waals surface area (Å²) in [6, 6.07) is 9.51. The van der Waals surface area contributed by atoms with Gasteiger partial charge in [-0.1, -0.05) is 24.3 Å². The van der Waals surface area contributed by atoms with Crippen molar-refractivity contribution in [2.24, 2.45) is 7.05 Å². The third kappa shape index (κ3) is 3.49. The molecule has 6 heteroatoms. The number of rotatable bonds is 5. The van der Waals surface area contributed by atoms with Gasteiger partial charge in [-0.15, -0.1) is 0 Å². The normalized spacial score (nSPS) is 19.5. The van der Waals surface area contributed by atoms with Crippen LogP contribution in [0.15, 0.2) is 36.5 Å². The molecule has 1 saturated heterocycles. The maximum Gasteiger partial charge on any atom is 0.245 e. The number of aliphatic hydroxyl groups excluding tert-OH is 1. The Morgan fingerprint density at radius 3 is 2.96 bits per heavy atom. The molecule has 2 N–H and O–H groups in total. The van der Waals surface area contributed by atoms with Crippen molar-refractivity contribution in [1.82, 2.24) is 15.1 Å². The van der Waals surface area contributed by atoms with Gasteiger partial charge in [0.1, 0.15) is 0 Å². The molecule has 1 aromatic carbocycles. The first-order valence-corrected chi connectivity index (χ1v) is 8.35. The molecule has 2 unspecified atom stereocenters. The zero-order valence-electron chi connectivity index (χ0n) is 14.1. The third-order valence-corrected chi connectivity index (χ3v) is 4.50. The second-order valence-corrected chi connectivity index (χ2v) is 6.32. The lowest BCUT2D eigenvalue weighted by atomic mass is 10.0. The second kappa shape index (κ2) is 7.15. The molecule has 2 atom stereocenters. The first-order chi connectivity index (χ1) is 11.6. The standard InChI is InChI=1S/C18H24N4O2/c1-13(15-6-3-5-14(11-15)12-23)19-16-7-4-9-22(18(16)24)17-8-10-21(2)20-17/h3,5-6,8,10-11,13,16,19,23H,4,7,9,12H2,1-2H3. The molecule has 1 aliphatic rings. The van der Waals surface area contributed by atoms with Crippen molar-refractivity contribution in [1.29, 1.82) is 0 Å². The van der Waals surface area contributed by atoms with Gasteiger partial charge >= 0.3 is 0 Å². The highest BCUT2D eigenvalue weighted by Crippen LogP contribution is 2.22. The molecule has 2 heterocycles. The van der Waals surface area contributed by atoms with Crippen LogP contribution in [0, 0.1) is 0 Å². The minimum absolute atomic E-state index is 0.0242. The van der Waals surface area contributed by atoms with Gasteiger partial charge in [0.05, 0.1) is 12.6 Å². The summed E-state index contributed by atoms with van der Waals surface area (Å²) in [5.41, 5.74) is 1.95. The van der Waals surface area contributed by atoms with Crippen molar-refractivity contribution in [3.63, 3.8) is 0 Å². The zero-order chi connectivity index (χ0) is 17.1. The molecule has 0 spiro atoms. The number of carbonyl (C=O) groups excluding carboxylic acids is 1. The van der Waals surface area contributed by atoms with Crippen molar-refractivity contribution in [2.45, 2.75) is 38.5 Å². The first kappa shape index (κ1) is 16.7. The Morgan fingerprint density at radius 2 is 2.25 bits per heavy atom. The van der Waals surface area contributed by atoms with Crippen LogP contribution in [0.4, 0.5) is 5.82 Å². The van der Waals surface area contributed by atoms with Crippen molar-refractivity contribution in [3.8, 4) is 0 Å². The van der Waals surface area contributed by atoms with E-state index in [1.165, 1.54) is 0 Å². The van der Waals surface area contributed by atoms with Crippen LogP contribution in [-0.4, -0.2) is 33.4 Å². The van der Waals surface area contributed by atoms with Crippen LogP contribution < -0.4 is 10.2 Å². The highest BCUT2D eigenvalue weighted by atomic mass is 16.3. The molecule has 3 rings (SSSR count). The van der Waals surface area contributed by atoms with E-state index in [1.807, 2.05) is 50.5 Å². The smallest absolute Gasteiger partial charge is 0.245 e. The molecular weight excluding hydrogens is 304 g/mol. The predicted molar refractivity (Wildman–Crippen MR) is 92.5 cm³/mol. The summed E-state index contributed by atoms with van der Waals surface area (Å²) < 4.78 is 1.71. The number of anilines is 1. The molecule has 24 heavy (non-hydrogen) atoms. The molecule has 6 nitrogen and oxygen atoms in total. The second-order valence-electron chi connectivity index (χ2n) is 6.32. The number of aliphatic hydroxyl groups is 1. The van der Waals surface area contributed by atoms with Gasteiger partial charge in [-0.05, 0) is 30.9 Å². The Balaban J connectivity index is 1.70. The molecule has 1 aromatic heterocycles. The third-order valence-electron chi connectivity index (χ3n) is 4.50. The number of piperidine rings is 1. The topological polar surface area (TPSA) is 70.4 Å². The van der Waals surface area contributed by atoms with E-state index in [0.717, 1.165) is 24.0 Å². The minimum atomic E-state index is -0.214. The van der Waals surface area contributed by atoms with Gasteiger partial charge in [0.25, 0.3) is 0 Å². The monoisotopic (exact) mass is 328 g/mol. The maximum absolute atomic E-state index is 12.8. The van der Waals surface area contributed by atoms with E-state index in [1.54, 1.807) is 9.58 Å². The van der Waals surface area contributed by atoms with Gasteiger partial charge < -0.3 is 5.11 Å². The number of benzene rings is 1. The summed E-state index contributed by atoms with van der Waals surface area (Å²) in [7, 11) is 1.85. The van der Waals surface area contributed by atoms with Gasteiger partial charge in [0.15, 0.2) is 5.82 Å². The number of hydrogen-bond donors (Lipinski definition) is 2. The first-order valence-electron chi connectivity index (χ1n) is 8.35. The van der Waals surface area contributed by atoms with Gasteiger partial charge in [0, 0.05) is 31.9 Å². The van der Waals surface area contributed by atoms with Crippen molar-refractivity contribution in [2.75, 3.05) is 11.4 Å². The molecule has 1 fully saturated rings. The van der Waals surface area contributed by atoms with Crippen molar-refractivity contribution < 1.29 is 9.90 Å². The van der Waals surface area contributed by atoms with Gasteiger partial charge in [-0.2, -0.15) is 5.10 Å². The van der Waals surface area contributed by atoms with Crippen LogP contribution in [0.1, 0.15) is 36.9 Å². The van der Waals surface area contributed by atoms with Crippen LogP contribution in [0.25, 0.3) is 0 Å². The van der Waals surface area contributed by atoms with Crippen LogP contribution in [-0.2, 0) is 18.4 Å². The van der Waals surface area contributed by atoms with Crippen molar-refractivity contribution >= 4 is 11.7 Å². The quantitative estimate of drug-likeness (QED) is 0.877. The molecule has 1 amide bonds. The number of carbonyl (C=O) groups is 1. The van der Waals surface area contributed by atoms with E-state index in [-0.39, 0.29) is 24.6 Å². The summed E-state index contributed by atoms with van der Waals surface area (Å²) in [6.45, 7) is 2.78. The van der Waals surface area contributed by atoms with E-state index in [4.69, 9.17) is 0 Å². The number of hydrogen-bond acceptors (Lipinski definition) is 4. The SMILES string of the molecule is CC(NC1CCCN(c2ccn(C)n2)C1=O)c1cccc(CO)c1. The lowest BCUT2D eigenvalue weighted by molar-refractivity contribution is -0.122. The fourth-order valence-electron chi connectivity index (χ4n) is 3.16. The average molecular weight is 328 g/mol. The molecule has 0 aliphatic carbocycles. The fourth-order valence-corrected chi connectivity index (χ4v) is 3.16. The fraction of sp³-hybridized carbons (Fsp3) is 0.444. The Bertz CT molecular complexity index is 713. The van der Waals surface area contributed by atoms with E-state index >= 15 is 0 Å². The van der Waals surface area contributed by atoms with E-state index < -0.39 is 0 Å². The van der Waals surface area contributed by atoms with Crippen LogP contribution in [0.5, 0.6) is 0 Å². The maximum atomic E-state index is 12.8. The predicted octanol–water partition coefficient (Wildman–Crippen LogP) is 1.76. The van der Waals surface area contributed by atoms with Gasteiger partial charge in [0.2, 0.25) is 5.91 Å². The lowest BCUT2D eigenvalue weighted by Crippen LogP contribution is -2.51. The Labute approximate surface area is 142 Å². The van der Waals surface area contributed by atoms with Crippen LogP contribution in [0.3, 0.4) is 0 Å². The molecule has 0 saturated carbocycles. The summed E-state index contributed by atoms with van der Waals surface area (Å²) in [4.78, 5) is 14.6. The minimum Gasteiger partial charge on any atom is -0.392 e. The van der Waals surface area contributed by atoms with Crippen LogP contribution in [0.2, 0.25) is 0 Å². The summed E-state index contributed by atoms with van der Waals surface area (Å²) in [6.07, 6.45) is 3.62. The molecule has 1 aliphatic heterocycles. The molecule has 2 aromatic rings. The number of amides is 1. The van der Waals surface area contributed by atoms with Gasteiger partial charge in [-0.3, -0.25) is 19.7 Å². The molecular formula is C18H24N4O2. The molecule has 128 valence electrons. The zero-order valence-corrected chi connectivity index (χ0v) is 14.1. The number of aryl methyl sites for hydroxylation is 1. The van der Waals surface area contributed by atoms with E-state index in [2.05, 4.69) is 10.4 Å². The summed E-state index contributed by atoms with van der Waals surface area (Å²) in [5.74, 6) is 0.786. The Hall–Kier alpha value is -2.18. The van der Waals surface area contributed by atoms with Crippen LogP contribution >= 0.6 is 0 Å². The van der Waals surface area contributed by atoms with E-state index in [0.29, 0.717) is 12.4 Å². The highest BCUT2D eigenvalue weighted by Gasteiger charge is 2.31. The summed E-state index contributed by atoms with van der Waals surface area (Å²) >= 11 is 0. The number of aromatic nitrogens is 2. The number of nitrogens with zero attached hydrogens (tertiary/aromatic N) is 3. The Kier molecular flexibility index (Phi) is 4.97. The summed E-state index contributed by atoms with van der Waals surface area (Å²) in [5, 5.41) is 17.1. The number of nitrogens with one attached hydrogen (secondary N) is 1. The lowest BCUT2D eigenvalue weighted by Gasteiger charge is -2.33. The largest absolute Gasteiger partial charge is 0.392 e. The van der Waals surface area contributed by atoms with Gasteiger partial charge in [-0.25, -0.2) is 0 Å². The highest BCUT2D eigenvalue weighted by molar-refractivity contribution is 5.97.